The fourth-order valence-electron chi connectivity index (χ4n) is 6.38. The van der Waals surface area contributed by atoms with Crippen LogP contribution in [0.15, 0.2) is 71.7 Å². The molecule has 280 valence electrons. The van der Waals surface area contributed by atoms with E-state index >= 15 is 0 Å². The third-order valence-electron chi connectivity index (χ3n) is 8.82. The average Bonchev–Trinajstić information content (AvgIpc) is 3.74. The summed E-state index contributed by atoms with van der Waals surface area (Å²) in [7, 11) is 1.28. The molecule has 0 radical (unpaired) electrons. The molecule has 0 saturated carbocycles. The zero-order chi connectivity index (χ0) is 38.9. The molecule has 0 unspecified atom stereocenters. The van der Waals surface area contributed by atoms with E-state index in [9.17, 15) is 19.2 Å². The lowest BCUT2D eigenvalue weighted by atomic mass is 9.90. The number of rotatable bonds is 8. The molecule has 2 aromatic heterocycles. The van der Waals surface area contributed by atoms with E-state index in [1.807, 2.05) is 72.1 Å². The standard InChI is InChI=1S/C43H45N3O7S/c1-24(2)19-31-29-13-16-46(42(50)53-43(5,6)7)36(29)12-11-35(31)45-40(48)32-21-34-37(52-17-14-26-15-18-54-38(26)34)22-30(32)28-10-9-27(20-33(28)41(49)51-8)39(47)44-23-25(3)4/h9-13,15-16,18-22,25H,14,17,23H2,1-8H3,(H,44,47)(H,45,48). The van der Waals surface area contributed by atoms with E-state index in [0.717, 1.165) is 32.5 Å². The molecular formula is C43H45N3O7S. The molecule has 3 aromatic carbocycles. The Morgan fingerprint density at radius 3 is 2.43 bits per heavy atom. The van der Waals surface area contributed by atoms with E-state index in [1.165, 1.54) is 17.7 Å². The van der Waals surface area contributed by atoms with Crippen molar-refractivity contribution in [2.75, 3.05) is 25.6 Å². The Kier molecular flexibility index (Phi) is 10.8. The molecule has 1 aliphatic heterocycles. The minimum absolute atomic E-state index is 0.129. The van der Waals surface area contributed by atoms with Crippen LogP contribution in [-0.4, -0.2) is 54.3 Å². The maximum absolute atomic E-state index is 14.7. The van der Waals surface area contributed by atoms with Gasteiger partial charge in [0.25, 0.3) is 11.8 Å². The van der Waals surface area contributed by atoms with Crippen LogP contribution in [0.1, 0.15) is 90.7 Å². The number of carbonyl (C=O) groups excluding carboxylic acids is 4. The van der Waals surface area contributed by atoms with Crippen LogP contribution in [0.3, 0.4) is 0 Å². The lowest BCUT2D eigenvalue weighted by Gasteiger charge is -2.20. The average molecular weight is 748 g/mol. The van der Waals surface area contributed by atoms with Crippen molar-refractivity contribution in [2.45, 2.75) is 60.5 Å². The molecule has 0 atom stereocenters. The second-order valence-corrected chi connectivity index (χ2v) is 15.8. The van der Waals surface area contributed by atoms with Crippen molar-refractivity contribution < 1.29 is 33.4 Å². The number of ether oxygens (including phenoxy) is 3. The number of nitrogens with one attached hydrogen (secondary N) is 2. The van der Waals surface area contributed by atoms with Crippen molar-refractivity contribution in [2.24, 2.45) is 5.92 Å². The number of benzene rings is 3. The van der Waals surface area contributed by atoms with E-state index in [1.54, 1.807) is 47.9 Å². The summed E-state index contributed by atoms with van der Waals surface area (Å²) in [6, 6.07) is 15.8. The molecule has 5 aromatic rings. The second-order valence-electron chi connectivity index (χ2n) is 14.9. The van der Waals surface area contributed by atoms with Crippen molar-refractivity contribution in [1.29, 1.82) is 0 Å². The Morgan fingerprint density at radius 2 is 1.72 bits per heavy atom. The van der Waals surface area contributed by atoms with Crippen LogP contribution in [0.5, 0.6) is 5.75 Å². The molecule has 2 amide bonds. The molecule has 0 saturated heterocycles. The summed E-state index contributed by atoms with van der Waals surface area (Å²) >= 11 is 1.57. The van der Waals surface area contributed by atoms with Crippen molar-refractivity contribution in [3.8, 4) is 27.3 Å². The van der Waals surface area contributed by atoms with Crippen molar-refractivity contribution in [3.05, 3.63) is 99.6 Å². The van der Waals surface area contributed by atoms with Crippen LogP contribution in [0.4, 0.5) is 10.5 Å². The predicted octanol–water partition coefficient (Wildman–Crippen LogP) is 9.60. The third kappa shape index (κ3) is 7.96. The van der Waals surface area contributed by atoms with Crippen LogP contribution in [0.25, 0.3) is 38.5 Å². The fraction of sp³-hybridized carbons (Fsp3) is 0.302. The van der Waals surface area contributed by atoms with Gasteiger partial charge in [-0.05, 0) is 111 Å². The summed E-state index contributed by atoms with van der Waals surface area (Å²) in [5.74, 6) is -0.596. The van der Waals surface area contributed by atoms with Gasteiger partial charge < -0.3 is 24.8 Å². The quantitative estimate of drug-likeness (QED) is 0.152. The number of methoxy groups -OCH3 is 1. The SMILES string of the molecule is COC(=O)c1cc(C(=O)NCC(C)C)ccc1-c1cc2c(cc1C(=O)Nc1ccc3c(ccn3C(=O)OC(C)(C)C)c1C=C(C)C)-c1sccc1CCO2. The molecule has 0 spiro atoms. The third-order valence-corrected chi connectivity index (χ3v) is 9.81. The number of fused-ring (bicyclic) bond motifs is 4. The smallest absolute Gasteiger partial charge is 0.418 e. The summed E-state index contributed by atoms with van der Waals surface area (Å²) < 4.78 is 18.6. The number of hydrogen-bond acceptors (Lipinski definition) is 8. The Bertz CT molecular complexity index is 2320. The largest absolute Gasteiger partial charge is 0.493 e. The lowest BCUT2D eigenvalue weighted by Crippen LogP contribution is -2.27. The van der Waals surface area contributed by atoms with E-state index in [4.69, 9.17) is 14.2 Å². The van der Waals surface area contributed by atoms with Gasteiger partial charge in [0, 0.05) is 57.4 Å². The Labute approximate surface area is 319 Å². The van der Waals surface area contributed by atoms with Gasteiger partial charge >= 0.3 is 12.1 Å². The maximum atomic E-state index is 14.7. The van der Waals surface area contributed by atoms with Gasteiger partial charge in [0.05, 0.1) is 24.8 Å². The summed E-state index contributed by atoms with van der Waals surface area (Å²) in [4.78, 5) is 55.3. The molecule has 1 aliphatic rings. The fourth-order valence-corrected chi connectivity index (χ4v) is 7.35. The van der Waals surface area contributed by atoms with E-state index in [2.05, 4.69) is 16.7 Å². The zero-order valence-corrected chi connectivity index (χ0v) is 32.7. The molecule has 0 bridgehead atoms. The molecule has 54 heavy (non-hydrogen) atoms. The number of aromatic nitrogens is 1. The molecule has 6 rings (SSSR count). The van der Waals surface area contributed by atoms with E-state index in [0.29, 0.717) is 47.7 Å². The van der Waals surface area contributed by atoms with Crippen molar-refractivity contribution in [3.63, 3.8) is 0 Å². The first-order valence-corrected chi connectivity index (χ1v) is 18.7. The van der Waals surface area contributed by atoms with Crippen LogP contribution in [0.2, 0.25) is 0 Å². The summed E-state index contributed by atoms with van der Waals surface area (Å²) in [5, 5.41) is 8.81. The number of allylic oxidation sites excluding steroid dienone is 1. The Morgan fingerprint density at radius 1 is 0.944 bits per heavy atom. The van der Waals surface area contributed by atoms with Gasteiger partial charge in [0.2, 0.25) is 0 Å². The Hall–Kier alpha value is -5.68. The highest BCUT2D eigenvalue weighted by Crippen LogP contribution is 2.44. The minimum atomic E-state index is -0.681. The molecule has 11 heteroatoms. The summed E-state index contributed by atoms with van der Waals surface area (Å²) in [6.07, 6.45) is 3.82. The van der Waals surface area contributed by atoms with E-state index in [-0.39, 0.29) is 28.5 Å². The number of thiophene rings is 1. The highest BCUT2D eigenvalue weighted by Gasteiger charge is 2.27. The summed E-state index contributed by atoms with van der Waals surface area (Å²) in [5.41, 5.74) is 5.60. The molecule has 3 heterocycles. The molecule has 0 fully saturated rings. The number of amides is 2. The highest BCUT2D eigenvalue weighted by molar-refractivity contribution is 7.13. The molecule has 10 nitrogen and oxygen atoms in total. The molecular weight excluding hydrogens is 703 g/mol. The maximum Gasteiger partial charge on any atom is 0.418 e. The van der Waals surface area contributed by atoms with Gasteiger partial charge in [-0.1, -0.05) is 31.6 Å². The number of anilines is 1. The van der Waals surface area contributed by atoms with Gasteiger partial charge in [-0.15, -0.1) is 11.3 Å². The topological polar surface area (TPSA) is 125 Å². The van der Waals surface area contributed by atoms with Gasteiger partial charge in [0.1, 0.15) is 11.4 Å². The van der Waals surface area contributed by atoms with Crippen LogP contribution in [-0.2, 0) is 15.9 Å². The monoisotopic (exact) mass is 747 g/mol. The first-order chi connectivity index (χ1) is 25.6. The molecule has 0 aliphatic carbocycles. The molecule has 2 N–H and O–H groups in total. The minimum Gasteiger partial charge on any atom is -0.493 e. The highest BCUT2D eigenvalue weighted by atomic mass is 32.1. The van der Waals surface area contributed by atoms with Gasteiger partial charge in [-0.3, -0.25) is 14.2 Å². The first kappa shape index (κ1) is 38.1. The van der Waals surface area contributed by atoms with E-state index < -0.39 is 23.6 Å². The predicted molar refractivity (Wildman–Crippen MR) is 214 cm³/mol. The van der Waals surface area contributed by atoms with Crippen LogP contribution < -0.4 is 15.4 Å². The van der Waals surface area contributed by atoms with Crippen molar-refractivity contribution >= 4 is 57.9 Å². The second kappa shape index (κ2) is 15.4. The van der Waals surface area contributed by atoms with Gasteiger partial charge in [-0.25, -0.2) is 9.59 Å². The zero-order valence-electron chi connectivity index (χ0n) is 31.8. The number of nitrogens with zero attached hydrogens (tertiary/aromatic N) is 1. The number of esters is 1. The van der Waals surface area contributed by atoms with Crippen LogP contribution in [0, 0.1) is 5.92 Å². The van der Waals surface area contributed by atoms with Crippen LogP contribution >= 0.6 is 11.3 Å². The first-order valence-electron chi connectivity index (χ1n) is 17.9. The van der Waals surface area contributed by atoms with Gasteiger partial charge in [0.15, 0.2) is 0 Å². The lowest BCUT2D eigenvalue weighted by molar-refractivity contribution is 0.0542. The number of hydrogen-bond donors (Lipinski definition) is 2. The number of carbonyl (C=O) groups is 4. The van der Waals surface area contributed by atoms with Crippen molar-refractivity contribution in [1.82, 2.24) is 9.88 Å². The normalized spacial score (nSPS) is 12.2. The Balaban J connectivity index is 1.50. The van der Waals surface area contributed by atoms with Gasteiger partial charge in [-0.2, -0.15) is 0 Å². The summed E-state index contributed by atoms with van der Waals surface area (Å²) in [6.45, 7) is 14.3.